The molecule has 0 saturated heterocycles. The number of rotatable bonds is 5. The van der Waals surface area contributed by atoms with Gasteiger partial charge in [-0.15, -0.1) is 5.10 Å². The molecule has 2 aromatic carbocycles. The summed E-state index contributed by atoms with van der Waals surface area (Å²) >= 11 is 0. The molecule has 7 heteroatoms. The zero-order valence-corrected chi connectivity index (χ0v) is 13.5. The van der Waals surface area contributed by atoms with E-state index in [0.29, 0.717) is 28.9 Å². The molecular formula is C18H16N4O3. The summed E-state index contributed by atoms with van der Waals surface area (Å²) in [5, 5.41) is 17.2. The second-order valence-corrected chi connectivity index (χ2v) is 5.43. The van der Waals surface area contributed by atoms with Gasteiger partial charge in [0.15, 0.2) is 5.69 Å². The van der Waals surface area contributed by atoms with E-state index in [0.717, 1.165) is 0 Å². The van der Waals surface area contributed by atoms with Crippen LogP contribution in [-0.2, 0) is 6.42 Å². The fraction of sp³-hybridized carbons (Fsp3) is 0.111. The van der Waals surface area contributed by atoms with Crippen LogP contribution in [0.1, 0.15) is 38.9 Å². The fourth-order valence-electron chi connectivity index (χ4n) is 2.69. The zero-order chi connectivity index (χ0) is 18.0. The minimum absolute atomic E-state index is 0.140. The number of nitrogens with two attached hydrogens (primary N) is 1. The molecule has 1 heterocycles. The third kappa shape index (κ3) is 2.99. The summed E-state index contributed by atoms with van der Waals surface area (Å²) < 4.78 is 1.41. The Morgan fingerprint density at radius 2 is 1.84 bits per heavy atom. The fourth-order valence-corrected chi connectivity index (χ4v) is 2.69. The second-order valence-electron chi connectivity index (χ2n) is 5.43. The van der Waals surface area contributed by atoms with Gasteiger partial charge in [0.2, 0.25) is 5.78 Å². The molecule has 0 atom stereocenters. The van der Waals surface area contributed by atoms with Gasteiger partial charge < -0.3 is 10.8 Å². The number of carboxylic acids is 1. The minimum Gasteiger partial charge on any atom is -0.478 e. The van der Waals surface area contributed by atoms with Crippen molar-refractivity contribution in [2.24, 2.45) is 0 Å². The van der Waals surface area contributed by atoms with E-state index in [-0.39, 0.29) is 17.0 Å². The van der Waals surface area contributed by atoms with Crippen LogP contribution in [0.15, 0.2) is 48.7 Å². The molecule has 0 fully saturated rings. The van der Waals surface area contributed by atoms with E-state index in [1.54, 1.807) is 42.5 Å². The summed E-state index contributed by atoms with van der Waals surface area (Å²) in [5.41, 5.74) is 8.10. The molecule has 3 rings (SSSR count). The van der Waals surface area contributed by atoms with Gasteiger partial charge in [-0.2, -0.15) is 0 Å². The van der Waals surface area contributed by atoms with Crippen molar-refractivity contribution < 1.29 is 14.7 Å². The topological polar surface area (TPSA) is 111 Å². The number of carbonyl (C=O) groups excluding carboxylic acids is 1. The van der Waals surface area contributed by atoms with Crippen molar-refractivity contribution in [3.8, 4) is 5.69 Å². The molecule has 0 bridgehead atoms. The van der Waals surface area contributed by atoms with Gasteiger partial charge >= 0.3 is 5.97 Å². The number of benzene rings is 2. The summed E-state index contributed by atoms with van der Waals surface area (Å²) in [4.78, 5) is 23.9. The average Bonchev–Trinajstić information content (AvgIpc) is 3.10. The third-order valence-electron chi connectivity index (χ3n) is 3.91. The number of carboxylic acid groups (broad SMARTS) is 1. The Morgan fingerprint density at radius 3 is 2.52 bits per heavy atom. The van der Waals surface area contributed by atoms with Crippen LogP contribution in [0.4, 0.5) is 5.69 Å². The Morgan fingerprint density at radius 1 is 1.12 bits per heavy atom. The summed E-state index contributed by atoms with van der Waals surface area (Å²) in [6.07, 6.45) is 1.99. The van der Waals surface area contributed by atoms with Crippen LogP contribution < -0.4 is 5.73 Å². The first-order valence-corrected chi connectivity index (χ1v) is 7.70. The van der Waals surface area contributed by atoms with E-state index in [1.807, 2.05) is 6.92 Å². The maximum Gasteiger partial charge on any atom is 0.336 e. The summed E-state index contributed by atoms with van der Waals surface area (Å²) in [7, 11) is 0. The Bertz CT molecular complexity index is 962. The van der Waals surface area contributed by atoms with Crippen molar-refractivity contribution >= 4 is 17.4 Å². The lowest BCUT2D eigenvalue weighted by Crippen LogP contribution is -2.08. The SMILES string of the molecule is CCc1c(C(=O)O)cccc1-n1cc(C(=O)c2ccccc2N)nn1. The van der Waals surface area contributed by atoms with E-state index >= 15 is 0 Å². The molecular weight excluding hydrogens is 320 g/mol. The van der Waals surface area contributed by atoms with E-state index in [1.165, 1.54) is 10.9 Å². The van der Waals surface area contributed by atoms with Gasteiger partial charge in [0, 0.05) is 11.3 Å². The summed E-state index contributed by atoms with van der Waals surface area (Å²) in [6.45, 7) is 1.86. The van der Waals surface area contributed by atoms with Gasteiger partial charge in [0.05, 0.1) is 17.4 Å². The maximum absolute atomic E-state index is 12.6. The van der Waals surface area contributed by atoms with Crippen LogP contribution in [-0.4, -0.2) is 31.9 Å². The molecule has 25 heavy (non-hydrogen) atoms. The van der Waals surface area contributed by atoms with Crippen LogP contribution in [0, 0.1) is 0 Å². The van der Waals surface area contributed by atoms with Crippen molar-refractivity contribution in [1.29, 1.82) is 0 Å². The average molecular weight is 336 g/mol. The van der Waals surface area contributed by atoms with Gasteiger partial charge in [-0.25, -0.2) is 9.48 Å². The number of aromatic carboxylic acids is 1. The molecule has 0 unspecified atom stereocenters. The van der Waals surface area contributed by atoms with Gasteiger partial charge in [-0.3, -0.25) is 4.79 Å². The van der Waals surface area contributed by atoms with Crippen molar-refractivity contribution in [3.05, 3.63) is 71.0 Å². The zero-order valence-electron chi connectivity index (χ0n) is 13.5. The summed E-state index contributed by atoms with van der Waals surface area (Å²) in [6, 6.07) is 11.6. The molecule has 3 aromatic rings. The molecule has 126 valence electrons. The Labute approximate surface area is 143 Å². The highest BCUT2D eigenvalue weighted by Gasteiger charge is 2.18. The number of para-hydroxylation sites is 1. The highest BCUT2D eigenvalue weighted by molar-refractivity contribution is 6.10. The van der Waals surface area contributed by atoms with Crippen molar-refractivity contribution in [2.75, 3.05) is 5.73 Å². The number of nitrogens with zero attached hydrogens (tertiary/aromatic N) is 3. The third-order valence-corrected chi connectivity index (χ3v) is 3.91. The highest BCUT2D eigenvalue weighted by Crippen LogP contribution is 2.21. The van der Waals surface area contributed by atoms with E-state index < -0.39 is 5.97 Å². The molecule has 1 aromatic heterocycles. The van der Waals surface area contributed by atoms with Crippen LogP contribution in [0.3, 0.4) is 0 Å². The first kappa shape index (κ1) is 16.4. The smallest absolute Gasteiger partial charge is 0.336 e. The van der Waals surface area contributed by atoms with E-state index in [9.17, 15) is 14.7 Å². The maximum atomic E-state index is 12.6. The second kappa shape index (κ2) is 6.56. The number of hydrogen-bond donors (Lipinski definition) is 2. The highest BCUT2D eigenvalue weighted by atomic mass is 16.4. The quantitative estimate of drug-likeness (QED) is 0.546. The molecule has 0 aliphatic heterocycles. The molecule has 3 N–H and O–H groups in total. The Hall–Kier alpha value is -3.48. The molecule has 0 amide bonds. The number of carbonyl (C=O) groups is 2. The van der Waals surface area contributed by atoms with Crippen LogP contribution in [0.2, 0.25) is 0 Å². The number of hydrogen-bond acceptors (Lipinski definition) is 5. The normalized spacial score (nSPS) is 10.6. The van der Waals surface area contributed by atoms with E-state index in [2.05, 4.69) is 10.3 Å². The van der Waals surface area contributed by atoms with Gasteiger partial charge in [-0.1, -0.05) is 30.3 Å². The first-order valence-electron chi connectivity index (χ1n) is 7.70. The van der Waals surface area contributed by atoms with Crippen LogP contribution in [0.5, 0.6) is 0 Å². The van der Waals surface area contributed by atoms with Gasteiger partial charge in [0.25, 0.3) is 0 Å². The van der Waals surface area contributed by atoms with Crippen molar-refractivity contribution in [2.45, 2.75) is 13.3 Å². The van der Waals surface area contributed by atoms with E-state index in [4.69, 9.17) is 5.73 Å². The predicted molar refractivity (Wildman–Crippen MR) is 92.0 cm³/mol. The predicted octanol–water partition coefficient (Wildman–Crippen LogP) is 2.34. The van der Waals surface area contributed by atoms with Crippen LogP contribution >= 0.6 is 0 Å². The Balaban J connectivity index is 2.03. The lowest BCUT2D eigenvalue weighted by molar-refractivity contribution is 0.0695. The monoisotopic (exact) mass is 336 g/mol. The van der Waals surface area contributed by atoms with Gasteiger partial charge in [-0.05, 0) is 36.2 Å². The lowest BCUT2D eigenvalue weighted by atomic mass is 10.0. The molecule has 7 nitrogen and oxygen atoms in total. The first-order chi connectivity index (χ1) is 12.0. The molecule has 0 radical (unpaired) electrons. The van der Waals surface area contributed by atoms with Crippen molar-refractivity contribution in [3.63, 3.8) is 0 Å². The number of anilines is 1. The van der Waals surface area contributed by atoms with Crippen LogP contribution in [0.25, 0.3) is 5.69 Å². The molecule has 0 spiro atoms. The Kier molecular flexibility index (Phi) is 4.30. The van der Waals surface area contributed by atoms with Crippen molar-refractivity contribution in [1.82, 2.24) is 15.0 Å². The molecule has 0 aliphatic carbocycles. The minimum atomic E-state index is -1.01. The number of aromatic nitrogens is 3. The number of nitrogen functional groups attached to an aromatic ring is 1. The standard InChI is InChI=1S/C18H16N4O3/c1-2-11-12(18(24)25)7-5-9-16(11)22-10-15(20-21-22)17(23)13-6-3-4-8-14(13)19/h3-10H,2,19H2,1H3,(H,24,25). The lowest BCUT2D eigenvalue weighted by Gasteiger charge is -2.10. The number of ketones is 1. The molecule has 0 saturated carbocycles. The largest absolute Gasteiger partial charge is 0.478 e. The summed E-state index contributed by atoms with van der Waals surface area (Å²) in [5.74, 6) is -1.34. The molecule has 0 aliphatic rings. The van der Waals surface area contributed by atoms with Gasteiger partial charge in [0.1, 0.15) is 0 Å².